The maximum Gasteiger partial charge on any atom is 0.434 e. The lowest BCUT2D eigenvalue weighted by molar-refractivity contribution is -0.141. The maximum absolute atomic E-state index is 13.6. The number of halogens is 5. The van der Waals surface area contributed by atoms with Crippen LogP contribution in [0.1, 0.15) is 16.2 Å². The van der Waals surface area contributed by atoms with Gasteiger partial charge in [0.25, 0.3) is 5.88 Å². The van der Waals surface area contributed by atoms with E-state index in [9.17, 15) is 26.7 Å². The molecule has 1 heterocycles. The molecule has 24 heavy (non-hydrogen) atoms. The van der Waals surface area contributed by atoms with Crippen LogP contribution >= 0.6 is 0 Å². The second-order valence-corrected chi connectivity index (χ2v) is 4.21. The molecule has 6 nitrogen and oxygen atoms in total. The van der Waals surface area contributed by atoms with Crippen LogP contribution in [0.4, 0.5) is 22.0 Å². The minimum atomic E-state index is -4.92. The normalized spacial score (nSPS) is 11.2. The van der Waals surface area contributed by atoms with Crippen molar-refractivity contribution in [3.63, 3.8) is 0 Å². The number of ether oxygens (including phenoxy) is 2. The number of benzene rings is 1. The maximum atomic E-state index is 13.6. The smallest absolute Gasteiger partial charge is 0.434 e. The van der Waals surface area contributed by atoms with Gasteiger partial charge < -0.3 is 14.6 Å². The Hall–Kier alpha value is -2.98. The molecule has 0 saturated carbocycles. The van der Waals surface area contributed by atoms with Crippen LogP contribution in [0.3, 0.4) is 0 Å². The molecule has 0 unspecified atom stereocenters. The Morgan fingerprint density at radius 3 is 2.46 bits per heavy atom. The van der Waals surface area contributed by atoms with E-state index in [0.717, 1.165) is 13.2 Å². The Balaban J connectivity index is 2.51. The van der Waals surface area contributed by atoms with Crippen LogP contribution in [0, 0.1) is 11.6 Å². The van der Waals surface area contributed by atoms with E-state index in [2.05, 4.69) is 14.7 Å². The molecule has 11 heteroatoms. The van der Waals surface area contributed by atoms with Crippen molar-refractivity contribution in [1.29, 1.82) is 0 Å². The molecule has 0 bridgehead atoms. The van der Waals surface area contributed by atoms with Crippen molar-refractivity contribution in [2.24, 2.45) is 0 Å². The molecule has 0 atom stereocenters. The molecule has 1 aromatic carbocycles. The molecular formula is C13H7F5N2O4. The van der Waals surface area contributed by atoms with Gasteiger partial charge in [0.05, 0.1) is 13.3 Å². The minimum absolute atomic E-state index is 0.244. The lowest BCUT2D eigenvalue weighted by atomic mass is 10.3. The summed E-state index contributed by atoms with van der Waals surface area (Å²) < 4.78 is 73.9. The standard InChI is InChI=1S/C13H7F5N2O4/c1-23-10-6(3-2-5(14)8(10)15)24-11-9(12(21)22)20-7(4-19-11)13(16,17)18/h2-4H,1H3,(H,21,22). The number of aromatic nitrogens is 2. The first kappa shape index (κ1) is 17.4. The van der Waals surface area contributed by atoms with Gasteiger partial charge >= 0.3 is 12.1 Å². The number of carboxylic acids is 1. The number of alkyl halides is 3. The Kier molecular flexibility index (Phi) is 4.53. The molecule has 1 aromatic heterocycles. The molecule has 0 spiro atoms. The highest BCUT2D eigenvalue weighted by molar-refractivity contribution is 5.88. The van der Waals surface area contributed by atoms with Crippen LogP contribution < -0.4 is 9.47 Å². The van der Waals surface area contributed by atoms with E-state index < -0.39 is 52.5 Å². The monoisotopic (exact) mass is 350 g/mol. The molecular weight excluding hydrogens is 343 g/mol. The van der Waals surface area contributed by atoms with Gasteiger partial charge in [-0.2, -0.15) is 17.6 Å². The van der Waals surface area contributed by atoms with Crippen LogP contribution in [-0.4, -0.2) is 28.2 Å². The molecule has 128 valence electrons. The molecule has 0 fully saturated rings. The van der Waals surface area contributed by atoms with E-state index in [4.69, 9.17) is 9.84 Å². The number of hydrogen-bond donors (Lipinski definition) is 1. The zero-order valence-electron chi connectivity index (χ0n) is 11.7. The van der Waals surface area contributed by atoms with Crippen molar-refractivity contribution in [3.05, 3.63) is 41.4 Å². The number of carboxylic acid groups (broad SMARTS) is 1. The molecule has 0 saturated heterocycles. The first-order chi connectivity index (χ1) is 11.1. The van der Waals surface area contributed by atoms with Crippen LogP contribution in [0.25, 0.3) is 0 Å². The van der Waals surface area contributed by atoms with Gasteiger partial charge in [0.1, 0.15) is 0 Å². The Bertz CT molecular complexity index is 795. The lowest BCUT2D eigenvalue weighted by Gasteiger charge is -2.13. The van der Waals surface area contributed by atoms with E-state index in [0.29, 0.717) is 6.07 Å². The topological polar surface area (TPSA) is 81.5 Å². The number of nitrogens with zero attached hydrogens (tertiary/aromatic N) is 2. The molecule has 0 aliphatic heterocycles. The van der Waals surface area contributed by atoms with Gasteiger partial charge in [0.2, 0.25) is 17.3 Å². The Morgan fingerprint density at radius 2 is 1.92 bits per heavy atom. The van der Waals surface area contributed by atoms with E-state index in [1.165, 1.54) is 0 Å². The van der Waals surface area contributed by atoms with E-state index in [1.54, 1.807) is 0 Å². The third-order valence-electron chi connectivity index (χ3n) is 2.66. The van der Waals surface area contributed by atoms with Crippen LogP contribution in [0.5, 0.6) is 17.4 Å². The quantitative estimate of drug-likeness (QED) is 0.853. The van der Waals surface area contributed by atoms with Gasteiger partial charge in [0, 0.05) is 0 Å². The third kappa shape index (κ3) is 3.34. The molecule has 2 aromatic rings. The Labute approximate surface area is 130 Å². The van der Waals surface area contributed by atoms with Gasteiger partial charge in [-0.1, -0.05) is 0 Å². The fraction of sp³-hybridized carbons (Fsp3) is 0.154. The third-order valence-corrected chi connectivity index (χ3v) is 2.66. The zero-order valence-corrected chi connectivity index (χ0v) is 11.7. The summed E-state index contributed by atoms with van der Waals surface area (Å²) in [6.45, 7) is 0. The van der Waals surface area contributed by atoms with E-state index in [1.807, 2.05) is 0 Å². The van der Waals surface area contributed by atoms with Gasteiger partial charge in [-0.3, -0.25) is 0 Å². The fourth-order valence-corrected chi connectivity index (χ4v) is 1.62. The second kappa shape index (κ2) is 6.26. The summed E-state index contributed by atoms with van der Waals surface area (Å²) in [4.78, 5) is 17.2. The summed E-state index contributed by atoms with van der Waals surface area (Å²) in [7, 11) is 0.987. The average molecular weight is 350 g/mol. The molecule has 0 aliphatic rings. The van der Waals surface area contributed by atoms with Gasteiger partial charge in [-0.05, 0) is 12.1 Å². The van der Waals surface area contributed by atoms with Crippen molar-refractivity contribution >= 4 is 5.97 Å². The van der Waals surface area contributed by atoms with E-state index >= 15 is 0 Å². The number of hydrogen-bond acceptors (Lipinski definition) is 5. The highest BCUT2D eigenvalue weighted by atomic mass is 19.4. The molecule has 0 aliphatic carbocycles. The van der Waals surface area contributed by atoms with Crippen LogP contribution in [0.15, 0.2) is 18.3 Å². The van der Waals surface area contributed by atoms with Crippen molar-refractivity contribution < 1.29 is 41.3 Å². The van der Waals surface area contributed by atoms with Crippen molar-refractivity contribution in [2.45, 2.75) is 6.18 Å². The summed E-state index contributed by atoms with van der Waals surface area (Å²) in [5, 5.41) is 8.94. The van der Waals surface area contributed by atoms with E-state index in [-0.39, 0.29) is 6.20 Å². The number of rotatable bonds is 4. The number of aromatic carboxylic acids is 1. The first-order valence-corrected chi connectivity index (χ1v) is 6.02. The van der Waals surface area contributed by atoms with Crippen molar-refractivity contribution in [1.82, 2.24) is 9.97 Å². The number of methoxy groups -OCH3 is 1. The van der Waals surface area contributed by atoms with Gasteiger partial charge in [-0.15, -0.1) is 0 Å². The summed E-state index contributed by atoms with van der Waals surface area (Å²) in [5.74, 6) is -6.60. The summed E-state index contributed by atoms with van der Waals surface area (Å²) >= 11 is 0. The van der Waals surface area contributed by atoms with Crippen molar-refractivity contribution in [3.8, 4) is 17.4 Å². The van der Waals surface area contributed by atoms with Crippen LogP contribution in [-0.2, 0) is 6.18 Å². The predicted octanol–water partition coefficient (Wildman–Crippen LogP) is 3.27. The highest BCUT2D eigenvalue weighted by Crippen LogP contribution is 2.36. The largest absolute Gasteiger partial charge is 0.490 e. The van der Waals surface area contributed by atoms with Gasteiger partial charge in [-0.25, -0.2) is 19.2 Å². The summed E-state index contributed by atoms with van der Waals surface area (Å²) in [6, 6.07) is 1.55. The predicted molar refractivity (Wildman–Crippen MR) is 67.0 cm³/mol. The Morgan fingerprint density at radius 1 is 1.25 bits per heavy atom. The fourth-order valence-electron chi connectivity index (χ4n) is 1.62. The molecule has 0 radical (unpaired) electrons. The second-order valence-electron chi connectivity index (χ2n) is 4.21. The van der Waals surface area contributed by atoms with Gasteiger partial charge in [0.15, 0.2) is 17.3 Å². The van der Waals surface area contributed by atoms with Crippen LogP contribution in [0.2, 0.25) is 0 Å². The molecule has 1 N–H and O–H groups in total. The first-order valence-electron chi connectivity index (χ1n) is 6.02. The SMILES string of the molecule is COc1c(Oc2ncc(C(F)(F)F)nc2C(=O)O)ccc(F)c1F. The lowest BCUT2D eigenvalue weighted by Crippen LogP contribution is -2.14. The minimum Gasteiger partial charge on any atom is -0.490 e. The summed E-state index contributed by atoms with van der Waals surface area (Å²) in [6.07, 6.45) is -4.68. The number of carbonyl (C=O) groups is 1. The zero-order chi connectivity index (χ0) is 18.1. The van der Waals surface area contributed by atoms with Crippen molar-refractivity contribution in [2.75, 3.05) is 7.11 Å². The molecule has 2 rings (SSSR count). The summed E-state index contributed by atoms with van der Waals surface area (Å²) in [5.41, 5.74) is -2.71. The average Bonchev–Trinajstić information content (AvgIpc) is 2.50. The highest BCUT2D eigenvalue weighted by Gasteiger charge is 2.35. The molecule has 0 amide bonds.